The lowest BCUT2D eigenvalue weighted by Crippen LogP contribution is -2.44. The van der Waals surface area contributed by atoms with E-state index in [1.165, 1.54) is 12.1 Å². The number of non-ortho nitro benzene ring substituents is 1. The zero-order valence-electron chi connectivity index (χ0n) is 12.3. The standard InChI is InChI=1S/C15H20N2O4/c1-11-6-12(2)9-16(8-11)15(18)10-21-14-5-3-4-13(7-14)17(19)20/h3-5,7,11-12H,6,8-10H2,1-2H3. The smallest absolute Gasteiger partial charge is 0.273 e. The van der Waals surface area contributed by atoms with Crippen molar-refractivity contribution >= 4 is 11.6 Å². The van der Waals surface area contributed by atoms with Crippen molar-refractivity contribution in [3.8, 4) is 5.75 Å². The van der Waals surface area contributed by atoms with E-state index in [1.54, 1.807) is 12.1 Å². The number of amides is 1. The number of ether oxygens (including phenoxy) is 1. The van der Waals surface area contributed by atoms with Crippen LogP contribution in [0.4, 0.5) is 5.69 Å². The highest BCUT2D eigenvalue weighted by molar-refractivity contribution is 5.78. The van der Waals surface area contributed by atoms with Crippen molar-refractivity contribution in [3.05, 3.63) is 34.4 Å². The van der Waals surface area contributed by atoms with Crippen molar-refractivity contribution < 1.29 is 14.5 Å². The van der Waals surface area contributed by atoms with Gasteiger partial charge in [0.1, 0.15) is 5.75 Å². The molecule has 0 spiro atoms. The Kier molecular flexibility index (Phi) is 4.77. The molecular weight excluding hydrogens is 272 g/mol. The molecule has 0 bridgehead atoms. The second-order valence-electron chi connectivity index (χ2n) is 5.79. The summed E-state index contributed by atoms with van der Waals surface area (Å²) in [6, 6.07) is 5.88. The third-order valence-corrected chi connectivity index (χ3v) is 3.61. The molecule has 6 heteroatoms. The molecule has 0 N–H and O–H groups in total. The van der Waals surface area contributed by atoms with E-state index in [0.717, 1.165) is 19.5 Å². The molecule has 1 aromatic rings. The number of nitro benzene ring substituents is 1. The molecule has 1 aliphatic heterocycles. The Balaban J connectivity index is 1.92. The first kappa shape index (κ1) is 15.3. The van der Waals surface area contributed by atoms with Gasteiger partial charge in [0.05, 0.1) is 11.0 Å². The van der Waals surface area contributed by atoms with Gasteiger partial charge in [-0.05, 0) is 24.3 Å². The lowest BCUT2D eigenvalue weighted by molar-refractivity contribution is -0.384. The summed E-state index contributed by atoms with van der Waals surface area (Å²) in [7, 11) is 0. The molecule has 2 rings (SSSR count). The lowest BCUT2D eigenvalue weighted by Gasteiger charge is -2.34. The molecule has 6 nitrogen and oxygen atoms in total. The van der Waals surface area contributed by atoms with Crippen molar-refractivity contribution in [3.63, 3.8) is 0 Å². The van der Waals surface area contributed by atoms with Gasteiger partial charge < -0.3 is 9.64 Å². The Morgan fingerprint density at radius 1 is 1.38 bits per heavy atom. The monoisotopic (exact) mass is 292 g/mol. The molecule has 21 heavy (non-hydrogen) atoms. The van der Waals surface area contributed by atoms with E-state index in [2.05, 4.69) is 13.8 Å². The van der Waals surface area contributed by atoms with Crippen LogP contribution in [0, 0.1) is 22.0 Å². The van der Waals surface area contributed by atoms with Crippen LogP contribution in [-0.4, -0.2) is 35.4 Å². The molecule has 1 saturated heterocycles. The molecule has 0 saturated carbocycles. The topological polar surface area (TPSA) is 72.7 Å². The zero-order chi connectivity index (χ0) is 15.4. The molecule has 2 unspecified atom stereocenters. The van der Waals surface area contributed by atoms with Crippen LogP contribution in [0.2, 0.25) is 0 Å². The summed E-state index contributed by atoms with van der Waals surface area (Å²) in [5.74, 6) is 1.27. The first-order valence-electron chi connectivity index (χ1n) is 7.10. The van der Waals surface area contributed by atoms with Gasteiger partial charge >= 0.3 is 0 Å². The number of likely N-dealkylation sites (tertiary alicyclic amines) is 1. The van der Waals surface area contributed by atoms with Crippen LogP contribution >= 0.6 is 0 Å². The molecule has 1 fully saturated rings. The van der Waals surface area contributed by atoms with Gasteiger partial charge in [0.25, 0.3) is 11.6 Å². The summed E-state index contributed by atoms with van der Waals surface area (Å²) < 4.78 is 5.39. The largest absolute Gasteiger partial charge is 0.484 e. The minimum atomic E-state index is -0.483. The number of carbonyl (C=O) groups is 1. The van der Waals surface area contributed by atoms with Gasteiger partial charge in [0, 0.05) is 19.2 Å². The Labute approximate surface area is 123 Å². The minimum absolute atomic E-state index is 0.0415. The highest BCUT2D eigenvalue weighted by atomic mass is 16.6. The Bertz CT molecular complexity index is 522. The van der Waals surface area contributed by atoms with Crippen molar-refractivity contribution in [1.82, 2.24) is 4.90 Å². The fourth-order valence-electron chi connectivity index (χ4n) is 2.79. The predicted molar refractivity (Wildman–Crippen MR) is 78.1 cm³/mol. The molecular formula is C15H20N2O4. The second kappa shape index (κ2) is 6.56. The highest BCUT2D eigenvalue weighted by Crippen LogP contribution is 2.22. The van der Waals surface area contributed by atoms with Crippen LogP contribution in [0.25, 0.3) is 0 Å². The Morgan fingerprint density at radius 2 is 2.05 bits per heavy atom. The summed E-state index contributed by atoms with van der Waals surface area (Å²) in [4.78, 5) is 24.2. The number of piperidine rings is 1. The number of hydrogen-bond acceptors (Lipinski definition) is 4. The van der Waals surface area contributed by atoms with Crippen LogP contribution in [-0.2, 0) is 4.79 Å². The number of rotatable bonds is 4. The molecule has 2 atom stereocenters. The van der Waals surface area contributed by atoms with Crippen molar-refractivity contribution in [1.29, 1.82) is 0 Å². The molecule has 1 heterocycles. The maximum absolute atomic E-state index is 12.1. The highest BCUT2D eigenvalue weighted by Gasteiger charge is 2.25. The van der Waals surface area contributed by atoms with E-state index < -0.39 is 4.92 Å². The normalized spacial score (nSPS) is 21.9. The maximum atomic E-state index is 12.1. The van der Waals surface area contributed by atoms with Gasteiger partial charge in [-0.15, -0.1) is 0 Å². The Morgan fingerprint density at radius 3 is 2.67 bits per heavy atom. The first-order chi connectivity index (χ1) is 9.95. The lowest BCUT2D eigenvalue weighted by atomic mass is 9.92. The van der Waals surface area contributed by atoms with E-state index >= 15 is 0 Å². The molecule has 1 aromatic carbocycles. The zero-order valence-corrected chi connectivity index (χ0v) is 12.3. The summed E-state index contributed by atoms with van der Waals surface area (Å²) in [5.41, 5.74) is -0.0415. The number of nitro groups is 1. The first-order valence-corrected chi connectivity index (χ1v) is 7.10. The number of carbonyl (C=O) groups excluding carboxylic acids is 1. The number of nitrogens with zero attached hydrogens (tertiary/aromatic N) is 2. The average Bonchev–Trinajstić information content (AvgIpc) is 2.44. The van der Waals surface area contributed by atoms with Crippen molar-refractivity contribution in [2.24, 2.45) is 11.8 Å². The van der Waals surface area contributed by atoms with Gasteiger partial charge in [-0.3, -0.25) is 14.9 Å². The fraction of sp³-hybridized carbons (Fsp3) is 0.533. The van der Waals surface area contributed by atoms with Gasteiger partial charge in [-0.1, -0.05) is 19.9 Å². The molecule has 114 valence electrons. The van der Waals surface area contributed by atoms with Gasteiger partial charge in [-0.2, -0.15) is 0 Å². The van der Waals surface area contributed by atoms with Gasteiger partial charge in [0.2, 0.25) is 0 Å². The van der Waals surface area contributed by atoms with E-state index in [1.807, 2.05) is 4.90 Å². The van der Waals surface area contributed by atoms with Crippen LogP contribution in [0.1, 0.15) is 20.3 Å². The minimum Gasteiger partial charge on any atom is -0.484 e. The third kappa shape index (κ3) is 4.18. The van der Waals surface area contributed by atoms with Crippen molar-refractivity contribution in [2.75, 3.05) is 19.7 Å². The van der Waals surface area contributed by atoms with Crippen LogP contribution in [0.3, 0.4) is 0 Å². The summed E-state index contributed by atoms with van der Waals surface area (Å²) in [5, 5.41) is 10.7. The summed E-state index contributed by atoms with van der Waals surface area (Å²) in [6.45, 7) is 5.69. The molecule has 1 amide bonds. The quantitative estimate of drug-likeness (QED) is 0.631. The predicted octanol–water partition coefficient (Wildman–Crippen LogP) is 2.48. The fourth-order valence-corrected chi connectivity index (χ4v) is 2.79. The van der Waals surface area contributed by atoms with Crippen molar-refractivity contribution in [2.45, 2.75) is 20.3 Å². The third-order valence-electron chi connectivity index (χ3n) is 3.61. The molecule has 0 radical (unpaired) electrons. The molecule has 1 aliphatic rings. The van der Waals surface area contributed by atoms with Crippen LogP contribution in [0.5, 0.6) is 5.75 Å². The molecule has 0 aliphatic carbocycles. The number of benzene rings is 1. The van der Waals surface area contributed by atoms with Gasteiger partial charge in [-0.25, -0.2) is 0 Å². The van der Waals surface area contributed by atoms with Gasteiger partial charge in [0.15, 0.2) is 6.61 Å². The summed E-state index contributed by atoms with van der Waals surface area (Å²) >= 11 is 0. The number of hydrogen-bond donors (Lipinski definition) is 0. The SMILES string of the molecule is CC1CC(C)CN(C(=O)COc2cccc([N+](=O)[O-])c2)C1. The van der Waals surface area contributed by atoms with Crippen LogP contribution < -0.4 is 4.74 Å². The second-order valence-corrected chi connectivity index (χ2v) is 5.79. The van der Waals surface area contributed by atoms with Crippen LogP contribution in [0.15, 0.2) is 24.3 Å². The van der Waals surface area contributed by atoms with E-state index in [9.17, 15) is 14.9 Å². The molecule has 0 aromatic heterocycles. The van der Waals surface area contributed by atoms with E-state index in [-0.39, 0.29) is 18.2 Å². The Hall–Kier alpha value is -2.11. The van der Waals surface area contributed by atoms with E-state index in [0.29, 0.717) is 17.6 Å². The maximum Gasteiger partial charge on any atom is 0.273 e. The summed E-state index contributed by atoms with van der Waals surface area (Å²) in [6.07, 6.45) is 1.13. The average molecular weight is 292 g/mol. The van der Waals surface area contributed by atoms with E-state index in [4.69, 9.17) is 4.74 Å².